The Kier molecular flexibility index (Phi) is 5.09. The fourth-order valence-electron chi connectivity index (χ4n) is 2.58. The molecule has 0 aliphatic rings. The summed E-state index contributed by atoms with van der Waals surface area (Å²) in [7, 11) is 1.50. The zero-order chi connectivity index (χ0) is 18.7. The van der Waals surface area contributed by atoms with Gasteiger partial charge in [0.2, 0.25) is 5.91 Å². The molecule has 0 saturated heterocycles. The third kappa shape index (κ3) is 3.62. The maximum absolute atomic E-state index is 12.4. The van der Waals surface area contributed by atoms with E-state index in [-0.39, 0.29) is 18.9 Å². The normalized spacial score (nSPS) is 10.7. The zero-order valence-electron chi connectivity index (χ0n) is 13.9. The number of aromatic nitrogens is 2. The second kappa shape index (κ2) is 7.45. The summed E-state index contributed by atoms with van der Waals surface area (Å²) in [6.07, 6.45) is -0.0367. The molecule has 0 unspecified atom stereocenters. The lowest BCUT2D eigenvalue weighted by Gasteiger charge is -2.09. The Balaban J connectivity index is 1.74. The van der Waals surface area contributed by atoms with Crippen LogP contribution in [0.15, 0.2) is 52.1 Å². The van der Waals surface area contributed by atoms with Crippen molar-refractivity contribution in [2.24, 2.45) is 0 Å². The van der Waals surface area contributed by atoms with E-state index >= 15 is 0 Å². The first-order valence-electron chi connectivity index (χ1n) is 7.85. The number of H-pyrrole nitrogens is 1. The van der Waals surface area contributed by atoms with Crippen LogP contribution in [0.5, 0.6) is 5.75 Å². The number of carbonyl (C=O) groups excluding carboxylic acids is 1. The van der Waals surface area contributed by atoms with Crippen LogP contribution in [0.25, 0.3) is 10.9 Å². The lowest BCUT2D eigenvalue weighted by molar-refractivity contribution is -0.116. The van der Waals surface area contributed by atoms with Crippen LogP contribution in [-0.2, 0) is 11.3 Å². The number of halogens is 1. The van der Waals surface area contributed by atoms with E-state index in [4.69, 9.17) is 16.3 Å². The van der Waals surface area contributed by atoms with Gasteiger partial charge in [-0.1, -0.05) is 23.7 Å². The Morgan fingerprint density at radius 1 is 1.23 bits per heavy atom. The molecule has 1 heterocycles. The summed E-state index contributed by atoms with van der Waals surface area (Å²) in [5.41, 5.74) is -0.00437. The fourth-order valence-corrected chi connectivity index (χ4v) is 2.84. The van der Waals surface area contributed by atoms with E-state index in [1.54, 1.807) is 42.5 Å². The van der Waals surface area contributed by atoms with Gasteiger partial charge < -0.3 is 15.0 Å². The van der Waals surface area contributed by atoms with E-state index in [0.29, 0.717) is 27.4 Å². The maximum Gasteiger partial charge on any atom is 0.328 e. The summed E-state index contributed by atoms with van der Waals surface area (Å²) in [5, 5.41) is 3.44. The smallest absolute Gasteiger partial charge is 0.328 e. The molecule has 3 rings (SSSR count). The summed E-state index contributed by atoms with van der Waals surface area (Å²) in [6.45, 7) is -0.0330. The molecule has 1 aromatic heterocycles. The molecule has 3 aromatic rings. The van der Waals surface area contributed by atoms with E-state index in [2.05, 4.69) is 10.3 Å². The van der Waals surface area contributed by atoms with Gasteiger partial charge in [0.15, 0.2) is 0 Å². The minimum Gasteiger partial charge on any atom is -0.495 e. The molecule has 0 bridgehead atoms. The van der Waals surface area contributed by atoms with Crippen molar-refractivity contribution in [2.45, 2.75) is 13.0 Å². The highest BCUT2D eigenvalue weighted by Gasteiger charge is 2.10. The number of aromatic amines is 1. The van der Waals surface area contributed by atoms with Gasteiger partial charge in [-0.3, -0.25) is 14.2 Å². The number of amides is 1. The molecule has 2 N–H and O–H groups in total. The molecule has 0 fully saturated rings. The lowest BCUT2D eigenvalue weighted by Crippen LogP contribution is -2.36. The van der Waals surface area contributed by atoms with Crippen LogP contribution in [0, 0.1) is 0 Å². The van der Waals surface area contributed by atoms with Crippen LogP contribution in [-0.4, -0.2) is 22.6 Å². The van der Waals surface area contributed by atoms with E-state index in [0.717, 1.165) is 4.57 Å². The fraction of sp³-hybridized carbons (Fsp3) is 0.167. The Hall–Kier alpha value is -3.06. The molecule has 26 heavy (non-hydrogen) atoms. The van der Waals surface area contributed by atoms with Crippen LogP contribution in [0.4, 0.5) is 5.69 Å². The van der Waals surface area contributed by atoms with Crippen LogP contribution < -0.4 is 21.3 Å². The lowest BCUT2D eigenvalue weighted by atomic mass is 10.2. The van der Waals surface area contributed by atoms with Crippen molar-refractivity contribution in [1.29, 1.82) is 0 Å². The summed E-state index contributed by atoms with van der Waals surface area (Å²) < 4.78 is 6.07. The average Bonchev–Trinajstić information content (AvgIpc) is 2.61. The second-order valence-electron chi connectivity index (χ2n) is 5.58. The van der Waals surface area contributed by atoms with Gasteiger partial charge in [-0.2, -0.15) is 0 Å². The largest absolute Gasteiger partial charge is 0.495 e. The topological polar surface area (TPSA) is 93.2 Å². The molecular weight excluding hydrogens is 358 g/mol. The molecule has 2 aromatic carbocycles. The quantitative estimate of drug-likeness (QED) is 0.718. The van der Waals surface area contributed by atoms with Gasteiger partial charge in [0.25, 0.3) is 5.56 Å². The van der Waals surface area contributed by atoms with Gasteiger partial charge in [0.05, 0.1) is 23.0 Å². The predicted molar refractivity (Wildman–Crippen MR) is 100 cm³/mol. The number of nitrogens with one attached hydrogen (secondary N) is 2. The first-order valence-corrected chi connectivity index (χ1v) is 8.22. The number of methoxy groups -OCH3 is 1. The number of fused-ring (bicyclic) bond motifs is 1. The Labute approximate surface area is 153 Å². The Morgan fingerprint density at radius 3 is 2.73 bits per heavy atom. The molecule has 0 radical (unpaired) electrons. The van der Waals surface area contributed by atoms with Crippen LogP contribution in [0.2, 0.25) is 5.02 Å². The number of benzene rings is 2. The van der Waals surface area contributed by atoms with Crippen molar-refractivity contribution < 1.29 is 9.53 Å². The molecular formula is C18H16ClN3O4. The van der Waals surface area contributed by atoms with E-state index in [1.807, 2.05) is 0 Å². The first kappa shape index (κ1) is 17.8. The van der Waals surface area contributed by atoms with Crippen LogP contribution in [0.1, 0.15) is 6.42 Å². The zero-order valence-corrected chi connectivity index (χ0v) is 14.7. The van der Waals surface area contributed by atoms with E-state index in [9.17, 15) is 14.4 Å². The minimum atomic E-state index is -0.547. The predicted octanol–water partition coefficient (Wildman–Crippen LogP) is 2.38. The van der Waals surface area contributed by atoms with E-state index < -0.39 is 11.2 Å². The SMILES string of the molecule is COc1ccc(NC(=O)CCn2c(=O)[nH]c3ccccc3c2=O)cc1Cl. The van der Waals surface area contributed by atoms with Crippen molar-refractivity contribution in [3.63, 3.8) is 0 Å². The molecule has 0 aliphatic carbocycles. The highest BCUT2D eigenvalue weighted by molar-refractivity contribution is 6.32. The molecule has 0 aliphatic heterocycles. The number of para-hydroxylation sites is 1. The molecule has 134 valence electrons. The number of hydrogen-bond acceptors (Lipinski definition) is 4. The minimum absolute atomic E-state index is 0.0330. The van der Waals surface area contributed by atoms with Crippen molar-refractivity contribution in [2.75, 3.05) is 12.4 Å². The monoisotopic (exact) mass is 373 g/mol. The highest BCUT2D eigenvalue weighted by Crippen LogP contribution is 2.27. The summed E-state index contributed by atoms with van der Waals surface area (Å²) in [6, 6.07) is 11.6. The maximum atomic E-state index is 12.4. The van der Waals surface area contributed by atoms with Crippen LogP contribution in [0.3, 0.4) is 0 Å². The molecule has 1 amide bonds. The molecule has 8 heteroatoms. The molecule has 7 nitrogen and oxygen atoms in total. The van der Waals surface area contributed by atoms with Crippen LogP contribution >= 0.6 is 11.6 Å². The first-order chi connectivity index (χ1) is 12.5. The molecule has 0 atom stereocenters. The number of rotatable bonds is 5. The summed E-state index contributed by atoms with van der Waals surface area (Å²) >= 11 is 6.02. The number of carbonyl (C=O) groups is 1. The molecule has 0 saturated carbocycles. The third-order valence-corrected chi connectivity index (χ3v) is 4.18. The van der Waals surface area contributed by atoms with Gasteiger partial charge in [-0.25, -0.2) is 4.79 Å². The van der Waals surface area contributed by atoms with Gasteiger partial charge in [-0.15, -0.1) is 0 Å². The Morgan fingerprint density at radius 2 is 2.00 bits per heavy atom. The number of ether oxygens (including phenoxy) is 1. The third-order valence-electron chi connectivity index (χ3n) is 3.89. The molecule has 0 spiro atoms. The average molecular weight is 374 g/mol. The second-order valence-corrected chi connectivity index (χ2v) is 5.99. The van der Waals surface area contributed by atoms with Gasteiger partial charge in [0.1, 0.15) is 5.75 Å². The van der Waals surface area contributed by atoms with Gasteiger partial charge >= 0.3 is 5.69 Å². The number of hydrogen-bond donors (Lipinski definition) is 2. The summed E-state index contributed by atoms with van der Waals surface area (Å²) in [4.78, 5) is 39.3. The van der Waals surface area contributed by atoms with E-state index in [1.165, 1.54) is 7.11 Å². The van der Waals surface area contributed by atoms with Gasteiger partial charge in [-0.05, 0) is 30.3 Å². The highest BCUT2D eigenvalue weighted by atomic mass is 35.5. The Bertz CT molecular complexity index is 1090. The van der Waals surface area contributed by atoms with Crippen molar-refractivity contribution >= 4 is 34.1 Å². The van der Waals surface area contributed by atoms with Gasteiger partial charge in [0, 0.05) is 18.7 Å². The standard InChI is InChI=1S/C18H16ClN3O4/c1-26-15-7-6-11(10-13(15)19)20-16(23)8-9-22-17(24)12-4-2-3-5-14(12)21-18(22)25/h2-7,10H,8-9H2,1H3,(H,20,23)(H,21,25). The van der Waals surface area contributed by atoms with Crippen molar-refractivity contribution in [3.8, 4) is 5.75 Å². The van der Waals surface area contributed by atoms with Crippen molar-refractivity contribution in [1.82, 2.24) is 9.55 Å². The number of anilines is 1. The summed E-state index contributed by atoms with van der Waals surface area (Å²) in [5.74, 6) is 0.157. The van der Waals surface area contributed by atoms with Crippen molar-refractivity contribution in [3.05, 3.63) is 68.3 Å². The number of nitrogens with zero attached hydrogens (tertiary/aromatic N) is 1.